The fourth-order valence-corrected chi connectivity index (χ4v) is 2.23. The molecule has 0 aliphatic carbocycles. The lowest BCUT2D eigenvalue weighted by atomic mass is 10.0. The van der Waals surface area contributed by atoms with Crippen LogP contribution in [0.2, 0.25) is 0 Å². The van der Waals surface area contributed by atoms with Crippen molar-refractivity contribution in [1.29, 1.82) is 0 Å². The fraction of sp³-hybridized carbons (Fsp3) is 0.294. The van der Waals surface area contributed by atoms with E-state index in [0.717, 1.165) is 13.2 Å². The van der Waals surface area contributed by atoms with Gasteiger partial charge in [-0.15, -0.1) is 0 Å². The highest BCUT2D eigenvalue weighted by atomic mass is 19.4. The number of hydrogen-bond donors (Lipinski definition) is 0. The van der Waals surface area contributed by atoms with Crippen molar-refractivity contribution in [3.05, 3.63) is 71.5 Å². The topological polar surface area (TPSA) is 18.5 Å². The lowest BCUT2D eigenvalue weighted by molar-refractivity contribution is -0.255. The number of benzene rings is 2. The molecule has 0 saturated carbocycles. The highest BCUT2D eigenvalue weighted by Gasteiger charge is 2.47. The Balaban J connectivity index is 2.24. The van der Waals surface area contributed by atoms with E-state index in [1.54, 1.807) is 30.3 Å². The number of halogens is 4. The second-order valence-electron chi connectivity index (χ2n) is 4.94. The summed E-state index contributed by atoms with van der Waals surface area (Å²) in [6.07, 6.45) is -8.55. The second kappa shape index (κ2) is 7.57. The maximum atomic E-state index is 13.8. The summed E-state index contributed by atoms with van der Waals surface area (Å²) in [5, 5.41) is 0. The van der Waals surface area contributed by atoms with Crippen LogP contribution in [0.3, 0.4) is 0 Å². The third-order valence-electron chi connectivity index (χ3n) is 3.34. The lowest BCUT2D eigenvalue weighted by Gasteiger charge is -2.28. The zero-order valence-corrected chi connectivity index (χ0v) is 12.4. The monoisotopic (exact) mass is 328 g/mol. The van der Waals surface area contributed by atoms with E-state index in [1.165, 1.54) is 18.2 Å². The molecule has 0 amide bonds. The number of alkyl halides is 3. The summed E-state index contributed by atoms with van der Waals surface area (Å²) >= 11 is 0. The van der Waals surface area contributed by atoms with E-state index in [2.05, 4.69) is 0 Å². The van der Waals surface area contributed by atoms with Crippen LogP contribution >= 0.6 is 0 Å². The molecule has 0 aliphatic heterocycles. The highest BCUT2D eigenvalue weighted by Crippen LogP contribution is 2.36. The predicted molar refractivity (Wildman–Crippen MR) is 77.2 cm³/mol. The molecular formula is C17H16F4O2. The molecule has 0 radical (unpaired) electrons. The van der Waals surface area contributed by atoms with Gasteiger partial charge in [0.05, 0.1) is 6.61 Å². The zero-order valence-electron chi connectivity index (χ0n) is 12.4. The molecule has 0 heterocycles. The summed E-state index contributed by atoms with van der Waals surface area (Å²) in [4.78, 5) is 0. The first-order valence-electron chi connectivity index (χ1n) is 6.93. The molecule has 0 bridgehead atoms. The Morgan fingerprint density at radius 2 is 1.57 bits per heavy atom. The van der Waals surface area contributed by atoms with E-state index < -0.39 is 24.2 Å². The van der Waals surface area contributed by atoms with Crippen LogP contribution in [0.25, 0.3) is 0 Å². The minimum atomic E-state index is -4.70. The first-order valence-corrected chi connectivity index (χ1v) is 6.93. The Bertz CT molecular complexity index is 613. The second-order valence-corrected chi connectivity index (χ2v) is 4.94. The molecule has 2 atom stereocenters. The molecule has 0 spiro atoms. The van der Waals surface area contributed by atoms with Gasteiger partial charge in [-0.3, -0.25) is 0 Å². The molecule has 0 unspecified atom stereocenters. The number of hydrogen-bond acceptors (Lipinski definition) is 2. The molecule has 0 fully saturated rings. The molecular weight excluding hydrogens is 312 g/mol. The summed E-state index contributed by atoms with van der Waals surface area (Å²) in [5.74, 6) is -0.767. The largest absolute Gasteiger partial charge is 0.417 e. The van der Waals surface area contributed by atoms with Gasteiger partial charge in [0, 0.05) is 12.7 Å². The molecule has 2 aromatic rings. The van der Waals surface area contributed by atoms with Crippen molar-refractivity contribution in [3.63, 3.8) is 0 Å². The van der Waals surface area contributed by atoms with Gasteiger partial charge >= 0.3 is 6.18 Å². The van der Waals surface area contributed by atoms with Crippen LogP contribution in [0.4, 0.5) is 17.6 Å². The Kier molecular flexibility index (Phi) is 5.74. The molecule has 0 aromatic heterocycles. The van der Waals surface area contributed by atoms with Gasteiger partial charge in [-0.1, -0.05) is 48.5 Å². The van der Waals surface area contributed by atoms with Gasteiger partial charge < -0.3 is 9.47 Å². The first-order chi connectivity index (χ1) is 10.9. The van der Waals surface area contributed by atoms with Gasteiger partial charge in [-0.25, -0.2) is 4.39 Å². The summed E-state index contributed by atoms with van der Waals surface area (Å²) in [6.45, 7) is -0.251. The van der Waals surface area contributed by atoms with Crippen LogP contribution in [0, 0.1) is 5.82 Å². The SMILES string of the molecule is CO[C@H](c1ccccc1F)[C@H](OCc1ccccc1)C(F)(F)F. The number of ether oxygens (including phenoxy) is 2. The lowest BCUT2D eigenvalue weighted by Crippen LogP contribution is -2.38. The van der Waals surface area contributed by atoms with E-state index in [9.17, 15) is 17.6 Å². The molecule has 23 heavy (non-hydrogen) atoms. The van der Waals surface area contributed by atoms with Gasteiger partial charge in [-0.05, 0) is 11.6 Å². The summed E-state index contributed by atoms with van der Waals surface area (Å²) in [6, 6.07) is 13.7. The minimum absolute atomic E-state index is 0.189. The summed E-state index contributed by atoms with van der Waals surface area (Å²) in [7, 11) is 1.10. The number of methoxy groups -OCH3 is 1. The molecule has 2 aromatic carbocycles. The van der Waals surface area contributed by atoms with Crippen molar-refractivity contribution in [2.75, 3.05) is 7.11 Å². The molecule has 6 heteroatoms. The summed E-state index contributed by atoms with van der Waals surface area (Å²) in [5.41, 5.74) is 0.399. The van der Waals surface area contributed by atoms with Crippen LogP contribution in [-0.2, 0) is 16.1 Å². The average molecular weight is 328 g/mol. The van der Waals surface area contributed by atoms with Crippen molar-refractivity contribution in [2.45, 2.75) is 25.0 Å². The first kappa shape index (κ1) is 17.4. The standard InChI is InChI=1S/C17H16F4O2/c1-22-15(13-9-5-6-10-14(13)18)16(17(19,20)21)23-11-12-7-3-2-4-8-12/h2-10,15-16H,11H2,1H3/t15-,16+/m1/s1. The Labute approximate surface area is 131 Å². The zero-order chi connectivity index (χ0) is 16.9. The molecule has 2 nitrogen and oxygen atoms in total. The van der Waals surface area contributed by atoms with Gasteiger partial charge in [0.1, 0.15) is 11.9 Å². The molecule has 0 aliphatic rings. The maximum absolute atomic E-state index is 13.8. The van der Waals surface area contributed by atoms with Crippen molar-refractivity contribution >= 4 is 0 Å². The Morgan fingerprint density at radius 1 is 0.957 bits per heavy atom. The molecule has 124 valence electrons. The maximum Gasteiger partial charge on any atom is 0.417 e. The van der Waals surface area contributed by atoms with Crippen molar-refractivity contribution in [2.24, 2.45) is 0 Å². The average Bonchev–Trinajstić information content (AvgIpc) is 2.52. The van der Waals surface area contributed by atoms with Crippen LogP contribution in [0.15, 0.2) is 54.6 Å². The van der Waals surface area contributed by atoms with Crippen LogP contribution < -0.4 is 0 Å². The van der Waals surface area contributed by atoms with Crippen LogP contribution in [0.1, 0.15) is 17.2 Å². The smallest absolute Gasteiger partial charge is 0.374 e. The Hall–Kier alpha value is -1.92. The predicted octanol–water partition coefficient (Wildman–Crippen LogP) is 4.66. The van der Waals surface area contributed by atoms with Crippen molar-refractivity contribution in [1.82, 2.24) is 0 Å². The number of rotatable bonds is 6. The van der Waals surface area contributed by atoms with Gasteiger partial charge in [0.15, 0.2) is 6.10 Å². The van der Waals surface area contributed by atoms with E-state index in [0.29, 0.717) is 5.56 Å². The molecule has 2 rings (SSSR count). The van der Waals surface area contributed by atoms with Crippen LogP contribution in [0.5, 0.6) is 0 Å². The third kappa shape index (κ3) is 4.53. The van der Waals surface area contributed by atoms with Gasteiger partial charge in [0.25, 0.3) is 0 Å². The van der Waals surface area contributed by atoms with Crippen LogP contribution in [-0.4, -0.2) is 19.4 Å². The van der Waals surface area contributed by atoms with E-state index in [-0.39, 0.29) is 12.2 Å². The quantitative estimate of drug-likeness (QED) is 0.718. The third-order valence-corrected chi connectivity index (χ3v) is 3.34. The van der Waals surface area contributed by atoms with E-state index in [4.69, 9.17) is 9.47 Å². The van der Waals surface area contributed by atoms with Crippen molar-refractivity contribution in [3.8, 4) is 0 Å². The summed E-state index contributed by atoms with van der Waals surface area (Å²) < 4.78 is 63.8. The highest BCUT2D eigenvalue weighted by molar-refractivity contribution is 5.22. The molecule has 0 saturated heterocycles. The van der Waals surface area contributed by atoms with E-state index >= 15 is 0 Å². The Morgan fingerprint density at radius 3 is 2.13 bits per heavy atom. The van der Waals surface area contributed by atoms with Crippen molar-refractivity contribution < 1.29 is 27.0 Å². The fourth-order valence-electron chi connectivity index (χ4n) is 2.23. The molecule has 0 N–H and O–H groups in total. The van der Waals surface area contributed by atoms with E-state index in [1.807, 2.05) is 0 Å². The van der Waals surface area contributed by atoms with Gasteiger partial charge in [0.2, 0.25) is 0 Å². The van der Waals surface area contributed by atoms with Gasteiger partial charge in [-0.2, -0.15) is 13.2 Å². The normalized spacial score (nSPS) is 14.5. The minimum Gasteiger partial charge on any atom is -0.374 e.